The fourth-order valence-electron chi connectivity index (χ4n) is 2.91. The molecule has 0 aliphatic carbocycles. The zero-order valence-corrected chi connectivity index (χ0v) is 12.9. The van der Waals surface area contributed by atoms with Crippen molar-refractivity contribution in [3.8, 4) is 5.75 Å². The summed E-state index contributed by atoms with van der Waals surface area (Å²) in [6.45, 7) is 4.15. The van der Waals surface area contributed by atoms with Gasteiger partial charge < -0.3 is 9.47 Å². The van der Waals surface area contributed by atoms with E-state index in [-0.39, 0.29) is 5.78 Å². The first-order chi connectivity index (χ1) is 10.8. The lowest BCUT2D eigenvalue weighted by molar-refractivity contribution is 0.0370. The molecule has 2 aromatic carbocycles. The van der Waals surface area contributed by atoms with Gasteiger partial charge in [-0.25, -0.2) is 0 Å². The molecule has 2 aromatic rings. The van der Waals surface area contributed by atoms with Crippen LogP contribution in [0.1, 0.15) is 16.8 Å². The number of nitrogens with zero attached hydrogens (tertiary/aromatic N) is 1. The number of morpholine rings is 1. The number of ketones is 1. The van der Waals surface area contributed by atoms with Crippen LogP contribution < -0.4 is 4.74 Å². The van der Waals surface area contributed by atoms with Crippen LogP contribution in [0, 0.1) is 0 Å². The van der Waals surface area contributed by atoms with Crippen molar-refractivity contribution in [2.24, 2.45) is 0 Å². The molecule has 0 saturated carbocycles. The molecule has 0 N–H and O–H groups in total. The summed E-state index contributed by atoms with van der Waals surface area (Å²) in [6, 6.07) is 11.7. The van der Waals surface area contributed by atoms with Crippen molar-refractivity contribution in [3.05, 3.63) is 42.0 Å². The first kappa shape index (κ1) is 15.0. The van der Waals surface area contributed by atoms with Gasteiger partial charge in [-0.15, -0.1) is 0 Å². The number of carbonyl (C=O) groups is 1. The normalized spacial score (nSPS) is 15.9. The maximum Gasteiger partial charge on any atom is 0.164 e. The number of ether oxygens (including phenoxy) is 2. The van der Waals surface area contributed by atoms with Crippen LogP contribution in [0.3, 0.4) is 0 Å². The van der Waals surface area contributed by atoms with E-state index in [1.807, 2.05) is 36.4 Å². The van der Waals surface area contributed by atoms with E-state index >= 15 is 0 Å². The summed E-state index contributed by atoms with van der Waals surface area (Å²) in [7, 11) is 1.65. The number of rotatable bonds is 5. The standard InChI is InChI=1S/C18H21NO3/c1-21-18-7-6-15(14-4-2-3-5-16(14)18)17(20)8-9-19-10-12-22-13-11-19/h2-7H,8-13H2,1H3. The van der Waals surface area contributed by atoms with Crippen molar-refractivity contribution in [3.63, 3.8) is 0 Å². The van der Waals surface area contributed by atoms with E-state index < -0.39 is 0 Å². The van der Waals surface area contributed by atoms with Gasteiger partial charge in [-0.05, 0) is 17.5 Å². The number of hydrogen-bond donors (Lipinski definition) is 0. The van der Waals surface area contributed by atoms with E-state index in [2.05, 4.69) is 4.90 Å². The van der Waals surface area contributed by atoms with Crippen molar-refractivity contribution in [2.45, 2.75) is 6.42 Å². The van der Waals surface area contributed by atoms with Crippen molar-refractivity contribution in [2.75, 3.05) is 40.0 Å². The monoisotopic (exact) mass is 299 g/mol. The maximum atomic E-state index is 12.6. The quantitative estimate of drug-likeness (QED) is 0.796. The molecule has 4 nitrogen and oxygen atoms in total. The average molecular weight is 299 g/mol. The third-order valence-electron chi connectivity index (χ3n) is 4.16. The largest absolute Gasteiger partial charge is 0.496 e. The first-order valence-corrected chi connectivity index (χ1v) is 7.68. The van der Waals surface area contributed by atoms with Crippen molar-refractivity contribution in [1.82, 2.24) is 4.90 Å². The predicted molar refractivity (Wildman–Crippen MR) is 86.7 cm³/mol. The van der Waals surface area contributed by atoms with E-state index in [1.165, 1.54) is 0 Å². The fraction of sp³-hybridized carbons (Fsp3) is 0.389. The molecule has 1 heterocycles. The molecular formula is C18H21NO3. The molecule has 0 radical (unpaired) electrons. The number of carbonyl (C=O) groups excluding carboxylic acids is 1. The van der Waals surface area contributed by atoms with Crippen molar-refractivity contribution >= 4 is 16.6 Å². The van der Waals surface area contributed by atoms with E-state index in [0.29, 0.717) is 6.42 Å². The smallest absolute Gasteiger partial charge is 0.164 e. The number of methoxy groups -OCH3 is 1. The van der Waals surface area contributed by atoms with Gasteiger partial charge >= 0.3 is 0 Å². The summed E-state index contributed by atoms with van der Waals surface area (Å²) in [4.78, 5) is 14.9. The Bertz CT molecular complexity index is 662. The predicted octanol–water partition coefficient (Wildman–Crippen LogP) is 2.75. The summed E-state index contributed by atoms with van der Waals surface area (Å²) in [5.41, 5.74) is 0.782. The lowest BCUT2D eigenvalue weighted by Gasteiger charge is -2.26. The highest BCUT2D eigenvalue weighted by atomic mass is 16.5. The second kappa shape index (κ2) is 6.90. The van der Waals surface area contributed by atoms with Gasteiger partial charge in [0.2, 0.25) is 0 Å². The van der Waals surface area contributed by atoms with Gasteiger partial charge in [-0.1, -0.05) is 24.3 Å². The highest BCUT2D eigenvalue weighted by molar-refractivity contribution is 6.09. The Hall–Kier alpha value is -1.91. The highest BCUT2D eigenvalue weighted by Crippen LogP contribution is 2.29. The molecule has 0 spiro atoms. The summed E-state index contributed by atoms with van der Waals surface area (Å²) in [6.07, 6.45) is 0.538. The van der Waals surface area contributed by atoms with E-state index in [0.717, 1.165) is 54.9 Å². The minimum Gasteiger partial charge on any atom is -0.496 e. The summed E-state index contributed by atoms with van der Waals surface area (Å²) in [5.74, 6) is 0.991. The Labute approximate surface area is 130 Å². The number of benzene rings is 2. The summed E-state index contributed by atoms with van der Waals surface area (Å²) >= 11 is 0. The number of hydrogen-bond acceptors (Lipinski definition) is 4. The number of fused-ring (bicyclic) bond motifs is 1. The molecule has 22 heavy (non-hydrogen) atoms. The van der Waals surface area contributed by atoms with E-state index in [1.54, 1.807) is 7.11 Å². The van der Waals surface area contributed by atoms with Gasteiger partial charge in [0.1, 0.15) is 5.75 Å². The Morgan fingerprint density at radius 1 is 1.14 bits per heavy atom. The van der Waals surface area contributed by atoms with Gasteiger partial charge in [-0.3, -0.25) is 9.69 Å². The topological polar surface area (TPSA) is 38.8 Å². The second-order valence-corrected chi connectivity index (χ2v) is 5.49. The molecule has 0 unspecified atom stereocenters. The summed E-state index contributed by atoms with van der Waals surface area (Å²) < 4.78 is 10.7. The zero-order valence-electron chi connectivity index (χ0n) is 12.9. The van der Waals surface area contributed by atoms with Crippen LogP contribution in [0.5, 0.6) is 5.75 Å². The minimum absolute atomic E-state index is 0.186. The molecule has 0 aromatic heterocycles. The van der Waals surface area contributed by atoms with Gasteiger partial charge in [0.05, 0.1) is 20.3 Å². The van der Waals surface area contributed by atoms with Crippen LogP contribution in [-0.2, 0) is 4.74 Å². The molecule has 1 aliphatic heterocycles. The lowest BCUT2D eigenvalue weighted by Crippen LogP contribution is -2.37. The van der Waals surface area contributed by atoms with Crippen LogP contribution >= 0.6 is 0 Å². The highest BCUT2D eigenvalue weighted by Gasteiger charge is 2.15. The van der Waals surface area contributed by atoms with E-state index in [4.69, 9.17) is 9.47 Å². The summed E-state index contributed by atoms with van der Waals surface area (Å²) in [5, 5.41) is 1.95. The Balaban J connectivity index is 1.79. The third kappa shape index (κ3) is 3.13. The van der Waals surface area contributed by atoms with Crippen LogP contribution in [0.2, 0.25) is 0 Å². The Morgan fingerprint density at radius 2 is 1.86 bits per heavy atom. The molecule has 3 rings (SSSR count). The lowest BCUT2D eigenvalue weighted by atomic mass is 9.99. The molecule has 0 amide bonds. The van der Waals surface area contributed by atoms with Crippen LogP contribution in [0.4, 0.5) is 0 Å². The molecule has 4 heteroatoms. The zero-order chi connectivity index (χ0) is 15.4. The first-order valence-electron chi connectivity index (χ1n) is 7.68. The van der Waals surface area contributed by atoms with Gasteiger partial charge in [-0.2, -0.15) is 0 Å². The maximum absolute atomic E-state index is 12.6. The molecule has 116 valence electrons. The Morgan fingerprint density at radius 3 is 2.59 bits per heavy atom. The van der Waals surface area contributed by atoms with Gasteiger partial charge in [0.15, 0.2) is 5.78 Å². The molecule has 1 aliphatic rings. The second-order valence-electron chi connectivity index (χ2n) is 5.49. The van der Waals surface area contributed by atoms with Crippen LogP contribution in [0.15, 0.2) is 36.4 Å². The van der Waals surface area contributed by atoms with Crippen LogP contribution in [0.25, 0.3) is 10.8 Å². The van der Waals surface area contributed by atoms with E-state index in [9.17, 15) is 4.79 Å². The Kier molecular flexibility index (Phi) is 4.71. The molecule has 0 bridgehead atoms. The molecule has 0 atom stereocenters. The minimum atomic E-state index is 0.186. The van der Waals surface area contributed by atoms with Crippen molar-refractivity contribution < 1.29 is 14.3 Å². The van der Waals surface area contributed by atoms with Crippen molar-refractivity contribution in [1.29, 1.82) is 0 Å². The molecule has 1 saturated heterocycles. The fourth-order valence-corrected chi connectivity index (χ4v) is 2.91. The average Bonchev–Trinajstić information content (AvgIpc) is 2.59. The number of Topliss-reactive ketones (excluding diaryl/α,β-unsaturated/α-hetero) is 1. The van der Waals surface area contributed by atoms with Gasteiger partial charge in [0, 0.05) is 37.0 Å². The van der Waals surface area contributed by atoms with Gasteiger partial charge in [0.25, 0.3) is 0 Å². The molecular weight excluding hydrogens is 278 g/mol. The SMILES string of the molecule is COc1ccc(C(=O)CCN2CCOCC2)c2ccccc12. The third-order valence-corrected chi connectivity index (χ3v) is 4.16. The van der Waals surface area contributed by atoms with Crippen LogP contribution in [-0.4, -0.2) is 50.6 Å². The molecule has 1 fully saturated rings.